The number of halogens is 2. The lowest BCUT2D eigenvalue weighted by Gasteiger charge is -2.37. The van der Waals surface area contributed by atoms with Crippen LogP contribution >= 0.6 is 0 Å². The van der Waals surface area contributed by atoms with Crippen molar-refractivity contribution in [3.05, 3.63) is 59.7 Å². The summed E-state index contributed by atoms with van der Waals surface area (Å²) in [6, 6.07) is 17.2. The maximum absolute atomic E-state index is 13.5. The van der Waals surface area contributed by atoms with Gasteiger partial charge in [-0.25, -0.2) is 8.78 Å². The molecular formula is C28H37F2Si. The van der Waals surface area contributed by atoms with Crippen LogP contribution in [0.1, 0.15) is 63.9 Å². The van der Waals surface area contributed by atoms with E-state index in [1.54, 1.807) is 24.2 Å². The van der Waals surface area contributed by atoms with Crippen LogP contribution in [0.3, 0.4) is 0 Å². The van der Waals surface area contributed by atoms with Crippen LogP contribution < -0.4 is 0 Å². The van der Waals surface area contributed by atoms with Crippen molar-refractivity contribution in [3.63, 3.8) is 0 Å². The highest BCUT2D eigenvalue weighted by molar-refractivity contribution is 6.58. The third kappa shape index (κ3) is 6.06. The van der Waals surface area contributed by atoms with Crippen molar-refractivity contribution < 1.29 is 8.78 Å². The van der Waals surface area contributed by atoms with E-state index in [-0.39, 0.29) is 8.80 Å². The van der Waals surface area contributed by atoms with Gasteiger partial charge in [-0.3, -0.25) is 0 Å². The average molecular weight is 440 g/mol. The summed E-state index contributed by atoms with van der Waals surface area (Å²) in [5.41, 5.74) is 3.03. The van der Waals surface area contributed by atoms with Crippen LogP contribution in [0.2, 0.25) is 18.1 Å². The van der Waals surface area contributed by atoms with Crippen LogP contribution in [0.5, 0.6) is 0 Å². The minimum Gasteiger partial charge on any atom is -0.204 e. The highest BCUT2D eigenvalue weighted by atomic mass is 28.3. The molecule has 1 aliphatic carbocycles. The molecule has 1 radical (unpaired) electrons. The summed E-state index contributed by atoms with van der Waals surface area (Å²) in [6.07, 6.45) is 12.6. The molecule has 3 heteroatoms. The van der Waals surface area contributed by atoms with Crippen molar-refractivity contribution >= 4 is 8.80 Å². The first-order valence-corrected chi connectivity index (χ1v) is 14.6. The quantitative estimate of drug-likeness (QED) is 0.378. The summed E-state index contributed by atoms with van der Waals surface area (Å²) in [7, 11) is 0.0214. The molecule has 31 heavy (non-hydrogen) atoms. The maximum atomic E-state index is 13.5. The van der Waals surface area contributed by atoms with E-state index in [0.29, 0.717) is 0 Å². The predicted molar refractivity (Wildman–Crippen MR) is 129 cm³/mol. The number of rotatable bonds is 7. The highest BCUT2D eigenvalue weighted by Crippen LogP contribution is 2.41. The lowest BCUT2D eigenvalue weighted by molar-refractivity contribution is 0.186. The van der Waals surface area contributed by atoms with Crippen molar-refractivity contribution in [1.82, 2.24) is 0 Å². The summed E-state index contributed by atoms with van der Waals surface area (Å²) in [4.78, 5) is 0. The zero-order chi connectivity index (χ0) is 21.6. The summed E-state index contributed by atoms with van der Waals surface area (Å²) < 4.78 is 26.6. The first-order chi connectivity index (χ1) is 15.1. The lowest BCUT2D eigenvalue weighted by Crippen LogP contribution is -2.28. The van der Waals surface area contributed by atoms with E-state index in [2.05, 4.69) is 19.1 Å². The van der Waals surface area contributed by atoms with E-state index in [0.717, 1.165) is 35.3 Å². The first kappa shape index (κ1) is 22.7. The SMILES string of the molecule is CCC[Si]1CCC(C2CCC(CCc3ccc(-c4ccc(F)c(F)c4)cc3)CC2)CC1. The molecule has 167 valence electrons. The average Bonchev–Trinajstić information content (AvgIpc) is 2.81. The number of aryl methyl sites for hydroxylation is 1. The molecule has 1 aliphatic heterocycles. The Kier molecular flexibility index (Phi) is 7.98. The van der Waals surface area contributed by atoms with Gasteiger partial charge in [-0.15, -0.1) is 0 Å². The highest BCUT2D eigenvalue weighted by Gasteiger charge is 2.30. The van der Waals surface area contributed by atoms with Gasteiger partial charge in [0, 0.05) is 8.80 Å². The third-order valence-electron chi connectivity index (χ3n) is 7.95. The summed E-state index contributed by atoms with van der Waals surface area (Å²) in [5.74, 6) is 1.35. The molecule has 1 saturated heterocycles. The molecule has 2 aromatic rings. The Balaban J connectivity index is 1.21. The van der Waals surface area contributed by atoms with E-state index in [4.69, 9.17) is 0 Å². The van der Waals surface area contributed by atoms with Crippen molar-refractivity contribution in [2.24, 2.45) is 17.8 Å². The van der Waals surface area contributed by atoms with Gasteiger partial charge in [0.15, 0.2) is 11.6 Å². The number of hydrogen-bond donors (Lipinski definition) is 0. The molecule has 4 rings (SSSR count). The minimum atomic E-state index is -0.791. The van der Waals surface area contributed by atoms with Crippen LogP contribution in [0, 0.1) is 29.4 Å². The summed E-state index contributed by atoms with van der Waals surface area (Å²) >= 11 is 0. The second kappa shape index (κ2) is 10.9. The monoisotopic (exact) mass is 439 g/mol. The fourth-order valence-corrected chi connectivity index (χ4v) is 9.00. The van der Waals surface area contributed by atoms with Gasteiger partial charge in [-0.1, -0.05) is 87.5 Å². The van der Waals surface area contributed by atoms with Gasteiger partial charge in [0.2, 0.25) is 0 Å². The Labute approximate surface area is 189 Å². The van der Waals surface area contributed by atoms with E-state index < -0.39 is 11.6 Å². The molecule has 0 spiro atoms. The molecule has 2 aromatic carbocycles. The molecule has 0 bridgehead atoms. The third-order valence-corrected chi connectivity index (χ3v) is 11.1. The normalized spacial score (nSPS) is 23.2. The zero-order valence-corrected chi connectivity index (χ0v) is 20.0. The molecule has 2 fully saturated rings. The van der Waals surface area contributed by atoms with Gasteiger partial charge in [0.25, 0.3) is 0 Å². The predicted octanol–water partition coefficient (Wildman–Crippen LogP) is 8.69. The van der Waals surface area contributed by atoms with Crippen molar-refractivity contribution in [1.29, 1.82) is 0 Å². The Hall–Kier alpha value is -1.48. The number of hydrogen-bond acceptors (Lipinski definition) is 0. The summed E-state index contributed by atoms with van der Waals surface area (Å²) in [6.45, 7) is 2.35. The molecule has 1 heterocycles. The molecular weight excluding hydrogens is 402 g/mol. The molecule has 2 aliphatic rings. The fraction of sp³-hybridized carbons (Fsp3) is 0.571. The fourth-order valence-electron chi connectivity index (χ4n) is 5.98. The molecule has 0 N–H and O–H groups in total. The first-order valence-electron chi connectivity index (χ1n) is 12.5. The lowest BCUT2D eigenvalue weighted by atomic mass is 9.73. The van der Waals surface area contributed by atoms with Gasteiger partial charge >= 0.3 is 0 Å². The second-order valence-corrected chi connectivity index (χ2v) is 13.0. The largest absolute Gasteiger partial charge is 0.204 e. The van der Waals surface area contributed by atoms with Crippen LogP contribution in [-0.2, 0) is 6.42 Å². The second-order valence-electron chi connectivity index (χ2n) is 9.98. The van der Waals surface area contributed by atoms with Crippen LogP contribution in [-0.4, -0.2) is 8.80 Å². The van der Waals surface area contributed by atoms with E-state index in [9.17, 15) is 8.78 Å². The van der Waals surface area contributed by atoms with Crippen LogP contribution in [0.15, 0.2) is 42.5 Å². The molecule has 0 nitrogen and oxygen atoms in total. The zero-order valence-electron chi connectivity index (χ0n) is 19.0. The molecule has 1 saturated carbocycles. The van der Waals surface area contributed by atoms with Crippen LogP contribution in [0.25, 0.3) is 11.1 Å². The maximum Gasteiger partial charge on any atom is 0.159 e. The van der Waals surface area contributed by atoms with Gasteiger partial charge < -0.3 is 0 Å². The van der Waals surface area contributed by atoms with Gasteiger partial charge in [0.05, 0.1) is 0 Å². The van der Waals surface area contributed by atoms with Crippen LogP contribution in [0.4, 0.5) is 8.78 Å². The molecule has 0 amide bonds. The number of benzene rings is 2. The standard InChI is InChI=1S/C28H37F2Si/c1-2-17-31-18-15-25(16-19-31)23-9-5-21(6-10-23)3-4-22-7-11-24(12-8-22)26-13-14-27(29)28(30)20-26/h7-8,11-14,20-21,23,25H,2-6,9-10,15-19H2,1H3. The molecule has 0 atom stereocenters. The Morgan fingerprint density at radius 2 is 1.42 bits per heavy atom. The van der Waals surface area contributed by atoms with Crippen molar-refractivity contribution in [2.75, 3.05) is 0 Å². The van der Waals surface area contributed by atoms with Gasteiger partial charge in [-0.05, 0) is 72.3 Å². The van der Waals surface area contributed by atoms with Crippen molar-refractivity contribution in [3.8, 4) is 11.1 Å². The topological polar surface area (TPSA) is 0 Å². The smallest absolute Gasteiger partial charge is 0.159 e. The Bertz CT molecular complexity index is 815. The molecule has 0 aromatic heterocycles. The Morgan fingerprint density at radius 3 is 2.06 bits per heavy atom. The van der Waals surface area contributed by atoms with Gasteiger partial charge in [0.1, 0.15) is 0 Å². The van der Waals surface area contributed by atoms with E-state index in [1.807, 2.05) is 12.1 Å². The summed E-state index contributed by atoms with van der Waals surface area (Å²) in [5, 5.41) is 0. The minimum absolute atomic E-state index is 0.0214. The Morgan fingerprint density at radius 1 is 0.774 bits per heavy atom. The van der Waals surface area contributed by atoms with E-state index >= 15 is 0 Å². The van der Waals surface area contributed by atoms with Gasteiger partial charge in [-0.2, -0.15) is 0 Å². The van der Waals surface area contributed by atoms with E-state index in [1.165, 1.54) is 69.1 Å². The van der Waals surface area contributed by atoms with Crippen molar-refractivity contribution in [2.45, 2.75) is 82.8 Å². The molecule has 0 unspecified atom stereocenters.